The Hall–Kier alpha value is -1.40. The fraction of sp³-hybridized carbons (Fsp3) is 0. The molecule has 0 spiro atoms. The summed E-state index contributed by atoms with van der Waals surface area (Å²) < 4.78 is 0.718. The summed E-state index contributed by atoms with van der Waals surface area (Å²) in [7, 11) is 0. The van der Waals surface area contributed by atoms with Gasteiger partial charge in [-0.2, -0.15) is 0 Å². The first-order chi connectivity index (χ1) is 8.15. The molecule has 2 aromatic rings. The van der Waals surface area contributed by atoms with Gasteiger partial charge < -0.3 is 5.11 Å². The van der Waals surface area contributed by atoms with Crippen molar-refractivity contribution in [1.29, 1.82) is 0 Å². The molecule has 0 fully saturated rings. The lowest BCUT2D eigenvalue weighted by Crippen LogP contribution is -1.96. The van der Waals surface area contributed by atoms with Crippen molar-refractivity contribution in [3.8, 4) is 0 Å². The van der Waals surface area contributed by atoms with Crippen molar-refractivity contribution in [3.05, 3.63) is 46.7 Å². The minimum Gasteiger partial charge on any atom is -0.478 e. The van der Waals surface area contributed by atoms with Gasteiger partial charge in [-0.3, -0.25) is 0 Å². The quantitative estimate of drug-likeness (QED) is 0.883. The van der Waals surface area contributed by atoms with E-state index in [9.17, 15) is 4.79 Å². The maximum Gasteiger partial charge on any atom is 0.335 e. The maximum absolute atomic E-state index is 10.9. The van der Waals surface area contributed by atoms with Crippen molar-refractivity contribution in [2.45, 2.75) is 10.1 Å². The van der Waals surface area contributed by atoms with E-state index in [2.05, 4.69) is 25.9 Å². The molecular weight excluding hydrogens is 304 g/mol. The first-order valence-corrected chi connectivity index (χ1v) is 6.25. The molecule has 6 heteroatoms. The molecule has 17 heavy (non-hydrogen) atoms. The highest BCUT2D eigenvalue weighted by Crippen LogP contribution is 2.28. The molecule has 0 aliphatic rings. The van der Waals surface area contributed by atoms with Gasteiger partial charge in [-0.15, -0.1) is 0 Å². The third-order valence-electron chi connectivity index (χ3n) is 1.87. The molecule has 1 N–H and O–H groups in total. The lowest BCUT2D eigenvalue weighted by Gasteiger charge is -2.02. The number of carboxylic acids is 1. The molecule has 1 aromatic carbocycles. The molecule has 86 valence electrons. The Morgan fingerprint density at radius 2 is 1.94 bits per heavy atom. The fourth-order valence-corrected chi connectivity index (χ4v) is 2.64. The Bertz CT molecular complexity index is 548. The van der Waals surface area contributed by atoms with Gasteiger partial charge in [-0.1, -0.05) is 15.9 Å². The second kappa shape index (κ2) is 5.29. The summed E-state index contributed by atoms with van der Waals surface area (Å²) in [4.78, 5) is 19.8. The van der Waals surface area contributed by atoms with Crippen LogP contribution in [0.2, 0.25) is 0 Å². The van der Waals surface area contributed by atoms with Gasteiger partial charge >= 0.3 is 5.97 Å². The molecule has 0 bridgehead atoms. The number of carbonyl (C=O) groups is 1. The first-order valence-electron chi connectivity index (χ1n) is 4.64. The van der Waals surface area contributed by atoms with Gasteiger partial charge in [0.1, 0.15) is 0 Å². The number of hydrogen-bond acceptors (Lipinski definition) is 4. The van der Waals surface area contributed by atoms with Crippen LogP contribution in [0.1, 0.15) is 10.4 Å². The van der Waals surface area contributed by atoms with E-state index < -0.39 is 5.97 Å². The van der Waals surface area contributed by atoms with E-state index >= 15 is 0 Å². The summed E-state index contributed by atoms with van der Waals surface area (Å²) in [6.45, 7) is 0. The molecule has 0 saturated carbocycles. The van der Waals surface area contributed by atoms with Crippen LogP contribution in [-0.4, -0.2) is 21.0 Å². The van der Waals surface area contributed by atoms with E-state index in [-0.39, 0.29) is 5.56 Å². The van der Waals surface area contributed by atoms with Crippen LogP contribution in [0.4, 0.5) is 0 Å². The second-order valence-electron chi connectivity index (χ2n) is 3.11. The average molecular weight is 311 g/mol. The molecule has 0 unspecified atom stereocenters. The van der Waals surface area contributed by atoms with E-state index in [1.165, 1.54) is 11.8 Å². The zero-order valence-corrected chi connectivity index (χ0v) is 10.9. The number of aromatic nitrogens is 2. The van der Waals surface area contributed by atoms with Gasteiger partial charge in [0.25, 0.3) is 0 Å². The SMILES string of the molecule is O=C(O)c1cc(Br)cc(Sc2ncccn2)c1. The zero-order chi connectivity index (χ0) is 12.3. The van der Waals surface area contributed by atoms with Crippen molar-refractivity contribution >= 4 is 33.7 Å². The van der Waals surface area contributed by atoms with Gasteiger partial charge in [0.15, 0.2) is 5.16 Å². The number of nitrogens with zero attached hydrogens (tertiary/aromatic N) is 2. The number of rotatable bonds is 3. The number of halogens is 1. The second-order valence-corrected chi connectivity index (χ2v) is 5.07. The van der Waals surface area contributed by atoms with E-state index in [0.717, 1.165) is 9.37 Å². The van der Waals surface area contributed by atoms with Gasteiger partial charge in [0.05, 0.1) is 5.56 Å². The summed E-state index contributed by atoms with van der Waals surface area (Å²) in [5, 5.41) is 9.52. The number of carboxylic acid groups (broad SMARTS) is 1. The highest BCUT2D eigenvalue weighted by molar-refractivity contribution is 9.10. The predicted octanol–water partition coefficient (Wildman–Crippen LogP) is 3.09. The van der Waals surface area contributed by atoms with E-state index in [4.69, 9.17) is 5.11 Å². The van der Waals surface area contributed by atoms with Crippen molar-refractivity contribution < 1.29 is 9.90 Å². The standard InChI is InChI=1S/C11H7BrN2O2S/c12-8-4-7(10(15)16)5-9(6-8)17-11-13-2-1-3-14-11/h1-6H,(H,15,16). The first kappa shape index (κ1) is 12.1. The summed E-state index contributed by atoms with van der Waals surface area (Å²) in [6.07, 6.45) is 3.29. The fourth-order valence-electron chi connectivity index (χ4n) is 1.19. The van der Waals surface area contributed by atoms with Crippen LogP contribution in [0.25, 0.3) is 0 Å². The highest BCUT2D eigenvalue weighted by Gasteiger charge is 2.07. The Labute approximate surface area is 110 Å². The largest absolute Gasteiger partial charge is 0.478 e. The molecule has 1 heterocycles. The number of aromatic carboxylic acids is 1. The summed E-state index contributed by atoms with van der Waals surface area (Å²) in [6, 6.07) is 6.70. The molecule has 0 amide bonds. The van der Waals surface area contributed by atoms with Crippen LogP contribution in [0.3, 0.4) is 0 Å². The molecule has 0 aliphatic heterocycles. The Balaban J connectivity index is 2.30. The molecule has 0 atom stereocenters. The molecule has 0 radical (unpaired) electrons. The van der Waals surface area contributed by atoms with Crippen LogP contribution >= 0.6 is 27.7 Å². The summed E-state index contributed by atoms with van der Waals surface area (Å²) in [5.74, 6) is -0.956. The molecule has 2 rings (SSSR count). The minimum absolute atomic E-state index is 0.234. The third-order valence-corrected chi connectivity index (χ3v) is 3.19. The van der Waals surface area contributed by atoms with Gasteiger partial charge in [0, 0.05) is 21.8 Å². The average Bonchev–Trinajstić information content (AvgIpc) is 2.29. The van der Waals surface area contributed by atoms with Crippen molar-refractivity contribution in [2.75, 3.05) is 0 Å². The molecule has 0 saturated heterocycles. The van der Waals surface area contributed by atoms with Crippen LogP contribution in [0.5, 0.6) is 0 Å². The van der Waals surface area contributed by atoms with E-state index in [1.54, 1.807) is 30.6 Å². The topological polar surface area (TPSA) is 63.1 Å². The molecular formula is C11H7BrN2O2S. The molecule has 0 aliphatic carbocycles. The van der Waals surface area contributed by atoms with Crippen LogP contribution < -0.4 is 0 Å². The van der Waals surface area contributed by atoms with Crippen molar-refractivity contribution in [1.82, 2.24) is 9.97 Å². The van der Waals surface area contributed by atoms with Crippen molar-refractivity contribution in [2.24, 2.45) is 0 Å². The van der Waals surface area contributed by atoms with E-state index in [0.29, 0.717) is 5.16 Å². The number of benzene rings is 1. The Morgan fingerprint density at radius 1 is 1.24 bits per heavy atom. The summed E-state index contributed by atoms with van der Waals surface area (Å²) in [5.41, 5.74) is 0.234. The Kier molecular flexibility index (Phi) is 3.75. The highest BCUT2D eigenvalue weighted by atomic mass is 79.9. The molecule has 4 nitrogen and oxygen atoms in total. The Morgan fingerprint density at radius 3 is 2.59 bits per heavy atom. The third kappa shape index (κ3) is 3.28. The van der Waals surface area contributed by atoms with Crippen LogP contribution in [0.15, 0.2) is 51.2 Å². The van der Waals surface area contributed by atoms with E-state index in [1.807, 2.05) is 6.07 Å². The zero-order valence-electron chi connectivity index (χ0n) is 8.50. The summed E-state index contributed by atoms with van der Waals surface area (Å²) >= 11 is 4.59. The molecule has 1 aromatic heterocycles. The van der Waals surface area contributed by atoms with Gasteiger partial charge in [-0.25, -0.2) is 14.8 Å². The minimum atomic E-state index is -0.956. The lowest BCUT2D eigenvalue weighted by molar-refractivity contribution is 0.0696. The monoisotopic (exact) mass is 310 g/mol. The van der Waals surface area contributed by atoms with Gasteiger partial charge in [0.2, 0.25) is 0 Å². The maximum atomic E-state index is 10.9. The van der Waals surface area contributed by atoms with Crippen LogP contribution in [0, 0.1) is 0 Å². The smallest absolute Gasteiger partial charge is 0.335 e. The number of hydrogen-bond donors (Lipinski definition) is 1. The van der Waals surface area contributed by atoms with Crippen molar-refractivity contribution in [3.63, 3.8) is 0 Å². The predicted molar refractivity (Wildman–Crippen MR) is 67.3 cm³/mol. The van der Waals surface area contributed by atoms with Crippen LogP contribution in [-0.2, 0) is 0 Å². The van der Waals surface area contributed by atoms with Gasteiger partial charge in [-0.05, 0) is 36.0 Å². The lowest BCUT2D eigenvalue weighted by atomic mass is 10.2. The normalized spacial score (nSPS) is 10.2.